The Bertz CT molecular complexity index is 388. The Morgan fingerprint density at radius 1 is 1.44 bits per heavy atom. The molecule has 0 spiro atoms. The number of pyridine rings is 1. The average molecular weight is 265 g/mol. The number of nitrogens with two attached hydrogens (primary N) is 1. The summed E-state index contributed by atoms with van der Waals surface area (Å²) in [4.78, 5) is 4.49. The molecule has 0 unspecified atom stereocenters. The van der Waals surface area contributed by atoms with Crippen LogP contribution in [0.15, 0.2) is 18.3 Å². The van der Waals surface area contributed by atoms with Crippen molar-refractivity contribution in [3.63, 3.8) is 0 Å². The van der Waals surface area contributed by atoms with Crippen molar-refractivity contribution in [2.75, 3.05) is 18.5 Å². The molecule has 1 fully saturated rings. The lowest BCUT2D eigenvalue weighted by molar-refractivity contribution is 0.0659. The summed E-state index contributed by atoms with van der Waals surface area (Å²) in [6.45, 7) is 1.53. The molecule has 1 aromatic rings. The maximum Gasteiger partial charge on any atom is 0.122 e. The maximum atomic E-state index is 5.76. The number of rotatable bonds is 6. The molecule has 1 aliphatic carbocycles. The SMILES string of the molecule is NC(=S)c1ccc(NCCOC2CCCC2)cn1. The molecular formula is C13H19N3OS. The van der Waals surface area contributed by atoms with E-state index in [1.807, 2.05) is 12.1 Å². The van der Waals surface area contributed by atoms with E-state index in [2.05, 4.69) is 10.3 Å². The van der Waals surface area contributed by atoms with E-state index in [1.165, 1.54) is 25.7 Å². The number of hydrogen-bond donors (Lipinski definition) is 2. The van der Waals surface area contributed by atoms with Gasteiger partial charge in [0, 0.05) is 6.54 Å². The minimum atomic E-state index is 0.325. The van der Waals surface area contributed by atoms with Gasteiger partial charge in [0.2, 0.25) is 0 Å². The zero-order valence-electron chi connectivity index (χ0n) is 10.4. The number of aromatic nitrogens is 1. The van der Waals surface area contributed by atoms with Gasteiger partial charge < -0.3 is 15.8 Å². The fourth-order valence-corrected chi connectivity index (χ4v) is 2.24. The zero-order chi connectivity index (χ0) is 12.8. The van der Waals surface area contributed by atoms with E-state index in [0.29, 0.717) is 16.8 Å². The largest absolute Gasteiger partial charge is 0.388 e. The van der Waals surface area contributed by atoms with Gasteiger partial charge >= 0.3 is 0 Å². The molecule has 1 saturated carbocycles. The van der Waals surface area contributed by atoms with Gasteiger partial charge in [0.25, 0.3) is 0 Å². The summed E-state index contributed by atoms with van der Waals surface area (Å²) in [6, 6.07) is 3.75. The highest BCUT2D eigenvalue weighted by molar-refractivity contribution is 7.80. The molecule has 0 atom stereocenters. The summed E-state index contributed by atoms with van der Waals surface area (Å²) >= 11 is 4.85. The fourth-order valence-electron chi connectivity index (χ4n) is 2.12. The van der Waals surface area contributed by atoms with Gasteiger partial charge in [-0.05, 0) is 25.0 Å². The summed E-state index contributed by atoms with van der Waals surface area (Å²) in [5.74, 6) is 0. The Balaban J connectivity index is 1.68. The first-order valence-corrected chi connectivity index (χ1v) is 6.78. The van der Waals surface area contributed by atoms with Gasteiger partial charge in [-0.1, -0.05) is 25.1 Å². The highest BCUT2D eigenvalue weighted by Crippen LogP contribution is 2.20. The molecule has 0 bridgehead atoms. The molecule has 98 valence electrons. The van der Waals surface area contributed by atoms with E-state index in [-0.39, 0.29) is 0 Å². The van der Waals surface area contributed by atoms with Crippen molar-refractivity contribution in [3.8, 4) is 0 Å². The van der Waals surface area contributed by atoms with Crippen LogP contribution in [0.1, 0.15) is 31.4 Å². The van der Waals surface area contributed by atoms with Crippen LogP contribution < -0.4 is 11.1 Å². The second-order valence-electron chi connectivity index (χ2n) is 4.50. The van der Waals surface area contributed by atoms with Crippen LogP contribution in [0.2, 0.25) is 0 Å². The van der Waals surface area contributed by atoms with Crippen LogP contribution in [0, 0.1) is 0 Å². The number of thiocarbonyl (C=S) groups is 1. The van der Waals surface area contributed by atoms with Crippen LogP contribution >= 0.6 is 12.2 Å². The van der Waals surface area contributed by atoms with Crippen LogP contribution in [0.5, 0.6) is 0 Å². The standard InChI is InChI=1S/C13H19N3OS/c14-13(18)12-6-5-10(9-16-12)15-7-8-17-11-3-1-2-4-11/h5-6,9,11,15H,1-4,7-8H2,(H2,14,18). The second kappa shape index (κ2) is 6.66. The molecule has 18 heavy (non-hydrogen) atoms. The molecule has 0 saturated heterocycles. The van der Waals surface area contributed by atoms with Gasteiger partial charge in [-0.25, -0.2) is 0 Å². The first-order valence-electron chi connectivity index (χ1n) is 6.37. The predicted octanol–water partition coefficient (Wildman–Crippen LogP) is 2.09. The van der Waals surface area contributed by atoms with Crippen molar-refractivity contribution >= 4 is 22.9 Å². The molecule has 0 amide bonds. The Labute approximate surface area is 113 Å². The minimum Gasteiger partial charge on any atom is -0.388 e. The molecule has 3 N–H and O–H groups in total. The minimum absolute atomic E-state index is 0.325. The first kappa shape index (κ1) is 13.2. The topological polar surface area (TPSA) is 60.2 Å². The molecular weight excluding hydrogens is 246 g/mol. The van der Waals surface area contributed by atoms with E-state index in [1.54, 1.807) is 6.20 Å². The average Bonchev–Trinajstić information content (AvgIpc) is 2.88. The third-order valence-electron chi connectivity index (χ3n) is 3.10. The van der Waals surface area contributed by atoms with Crippen LogP contribution in [0.25, 0.3) is 0 Å². The smallest absolute Gasteiger partial charge is 0.122 e. The fraction of sp³-hybridized carbons (Fsp3) is 0.538. The molecule has 2 rings (SSSR count). The van der Waals surface area contributed by atoms with Crippen LogP contribution in [-0.2, 0) is 4.74 Å². The Morgan fingerprint density at radius 2 is 2.22 bits per heavy atom. The van der Waals surface area contributed by atoms with Crippen LogP contribution in [-0.4, -0.2) is 29.2 Å². The predicted molar refractivity (Wildman–Crippen MR) is 76.8 cm³/mol. The van der Waals surface area contributed by atoms with Crippen LogP contribution in [0.4, 0.5) is 5.69 Å². The number of ether oxygens (including phenoxy) is 1. The van der Waals surface area contributed by atoms with E-state index in [0.717, 1.165) is 18.8 Å². The normalized spacial score (nSPS) is 15.8. The lowest BCUT2D eigenvalue weighted by atomic mass is 10.3. The summed E-state index contributed by atoms with van der Waals surface area (Å²) in [7, 11) is 0. The molecule has 4 nitrogen and oxygen atoms in total. The molecule has 0 aliphatic heterocycles. The summed E-state index contributed by atoms with van der Waals surface area (Å²) in [5, 5.41) is 3.26. The van der Waals surface area contributed by atoms with Crippen molar-refractivity contribution in [2.24, 2.45) is 5.73 Å². The maximum absolute atomic E-state index is 5.76. The van der Waals surface area contributed by atoms with Crippen molar-refractivity contribution in [3.05, 3.63) is 24.0 Å². The molecule has 1 aliphatic rings. The van der Waals surface area contributed by atoms with E-state index in [4.69, 9.17) is 22.7 Å². The first-order chi connectivity index (χ1) is 8.75. The van der Waals surface area contributed by atoms with Gasteiger partial charge in [0.1, 0.15) is 4.99 Å². The Morgan fingerprint density at radius 3 is 2.83 bits per heavy atom. The second-order valence-corrected chi connectivity index (χ2v) is 4.94. The number of nitrogens with zero attached hydrogens (tertiary/aromatic N) is 1. The summed E-state index contributed by atoms with van der Waals surface area (Å²) < 4.78 is 5.76. The quantitative estimate of drug-likeness (QED) is 0.609. The van der Waals surface area contributed by atoms with Gasteiger partial charge in [0.05, 0.1) is 30.3 Å². The lowest BCUT2D eigenvalue weighted by Gasteiger charge is -2.12. The van der Waals surface area contributed by atoms with Crippen molar-refractivity contribution in [1.82, 2.24) is 4.98 Å². The number of hydrogen-bond acceptors (Lipinski definition) is 4. The molecule has 1 heterocycles. The third-order valence-corrected chi connectivity index (χ3v) is 3.31. The summed E-state index contributed by atoms with van der Waals surface area (Å²) in [6.07, 6.45) is 7.26. The molecule has 0 aromatic carbocycles. The van der Waals surface area contributed by atoms with Gasteiger partial charge in [0.15, 0.2) is 0 Å². The van der Waals surface area contributed by atoms with Crippen molar-refractivity contribution < 1.29 is 4.74 Å². The lowest BCUT2D eigenvalue weighted by Crippen LogP contribution is -2.16. The van der Waals surface area contributed by atoms with E-state index >= 15 is 0 Å². The highest BCUT2D eigenvalue weighted by Gasteiger charge is 2.14. The van der Waals surface area contributed by atoms with Gasteiger partial charge in [-0.15, -0.1) is 0 Å². The van der Waals surface area contributed by atoms with Crippen molar-refractivity contribution in [2.45, 2.75) is 31.8 Å². The highest BCUT2D eigenvalue weighted by atomic mass is 32.1. The zero-order valence-corrected chi connectivity index (χ0v) is 11.2. The van der Waals surface area contributed by atoms with Gasteiger partial charge in [-0.3, -0.25) is 4.98 Å². The molecule has 5 heteroatoms. The summed E-state index contributed by atoms with van der Waals surface area (Å²) in [5.41, 5.74) is 7.10. The van der Waals surface area contributed by atoms with E-state index in [9.17, 15) is 0 Å². The molecule has 0 radical (unpaired) electrons. The Kier molecular flexibility index (Phi) is 4.90. The number of anilines is 1. The van der Waals surface area contributed by atoms with E-state index < -0.39 is 0 Å². The Hall–Kier alpha value is -1.20. The van der Waals surface area contributed by atoms with Crippen LogP contribution in [0.3, 0.4) is 0 Å². The number of nitrogens with one attached hydrogen (secondary N) is 1. The van der Waals surface area contributed by atoms with Gasteiger partial charge in [-0.2, -0.15) is 0 Å². The third kappa shape index (κ3) is 3.92. The van der Waals surface area contributed by atoms with Crippen molar-refractivity contribution in [1.29, 1.82) is 0 Å². The molecule has 1 aromatic heterocycles. The monoisotopic (exact) mass is 265 g/mol.